The lowest BCUT2D eigenvalue weighted by Crippen LogP contribution is -2.80. The maximum absolute atomic E-state index is 14.7. The molecule has 0 fully saturated rings. The minimum atomic E-state index is -10.4. The molecule has 2 amide bonds. The van der Waals surface area contributed by atoms with Gasteiger partial charge in [-0.3, -0.25) is 10.6 Å². The Hall–Kier alpha value is -7.64. The molecule has 0 aromatic heterocycles. The molecule has 72 heteroatoms. The maximum atomic E-state index is 14.7. The average Bonchev–Trinajstić information content (AvgIpc) is 0.677. The summed E-state index contributed by atoms with van der Waals surface area (Å²) >= 11 is 0. The van der Waals surface area contributed by atoms with Crippen LogP contribution in [0.3, 0.4) is 0 Å². The van der Waals surface area contributed by atoms with Gasteiger partial charge in [0.2, 0.25) is 0 Å². The van der Waals surface area contributed by atoms with E-state index in [1.165, 1.54) is 10.6 Å². The van der Waals surface area contributed by atoms with E-state index >= 15 is 0 Å². The molecule has 0 aliphatic rings. The van der Waals surface area contributed by atoms with Crippen molar-refractivity contribution in [1.82, 2.24) is 0 Å². The summed E-state index contributed by atoms with van der Waals surface area (Å²) in [5.74, 6) is -294. The van der Waals surface area contributed by atoms with Crippen molar-refractivity contribution in [2.45, 2.75) is 235 Å². The highest BCUT2D eigenvalue weighted by Crippen LogP contribution is 2.74. The molecular weight excluding hydrogens is 1980 g/mol. The SMILES string of the molecule is CC(CC(F)(F)C(F)(F)C(F)(F)C(F)(F)C(F)(F)C(F)(F)C(F)(F)C(F)(F)C(F)(F)C(F)(F)C(F)(F)C(F)(F)C(F)(F)C(F)(F)C(F)(F)C(F)(F)F)OC(=O)Nc1ccc(Cc2ccc(NC(=O)OC(C)CC(F)(F)C(F)(F)C(F)(F)C(F)(F)C(F)(F)C(F)(F)C(F)(F)C(F)(F)C(F)(F)C(F)(F)C(F)(F)C(F)(F)C(F)(F)C(F)(F)C(F)(F)C(F)(F)F)cc2)cc1. The number of halogens is 66. The number of carbonyl (C=O) groups is 2. The summed E-state index contributed by atoms with van der Waals surface area (Å²) in [5, 5.41) is 2.75. The van der Waals surface area contributed by atoms with Gasteiger partial charge in [0, 0.05) is 11.4 Å². The van der Waals surface area contributed by atoms with Crippen LogP contribution in [-0.2, 0) is 15.9 Å². The maximum Gasteiger partial charge on any atom is 0.460 e. The van der Waals surface area contributed by atoms with E-state index in [1.54, 1.807) is 0 Å². The third kappa shape index (κ3) is 15.6. The molecule has 0 aliphatic carbocycles. The number of nitrogens with one attached hydrogen (secondary N) is 2. The lowest BCUT2D eigenvalue weighted by Gasteiger charge is -2.47. The Balaban J connectivity index is 2.36. The van der Waals surface area contributed by atoms with Gasteiger partial charge in [-0.15, -0.1) is 0 Å². The predicted molar refractivity (Wildman–Crippen MR) is 265 cm³/mol. The number of alkyl halides is 66. The Bertz CT molecular complexity index is 3870. The number of carbonyl (C=O) groups excluding carboxylic acids is 2. The zero-order valence-electron chi connectivity index (χ0n) is 56.5. The van der Waals surface area contributed by atoms with E-state index in [4.69, 9.17) is 0 Å². The van der Waals surface area contributed by atoms with E-state index in [0.717, 1.165) is 24.3 Å². The second-order valence-corrected chi connectivity index (χ2v) is 25.1. The van der Waals surface area contributed by atoms with Crippen molar-refractivity contribution >= 4 is 23.6 Å². The number of benzene rings is 2. The molecule has 0 bridgehead atoms. The molecule has 2 aromatic carbocycles. The Morgan fingerprint density at radius 1 is 0.208 bits per heavy atom. The van der Waals surface area contributed by atoms with Crippen LogP contribution in [0.25, 0.3) is 0 Å². The molecule has 125 heavy (non-hydrogen) atoms. The van der Waals surface area contributed by atoms with E-state index in [1.807, 2.05) is 0 Å². The highest BCUT2D eigenvalue weighted by molar-refractivity contribution is 5.85. The number of ether oxygens (including phenoxy) is 2. The van der Waals surface area contributed by atoms with Crippen LogP contribution in [-0.4, -0.2) is 214 Å². The van der Waals surface area contributed by atoms with Crippen LogP contribution in [0.5, 0.6) is 0 Å². The van der Waals surface area contributed by atoms with Crippen LogP contribution in [0.1, 0.15) is 37.8 Å². The van der Waals surface area contributed by atoms with Gasteiger partial charge in [0.05, 0.1) is 12.8 Å². The molecule has 0 spiro atoms. The molecule has 0 aliphatic heterocycles. The predicted octanol–water partition coefficient (Wildman–Crippen LogP) is 26.1. The standard InChI is InChI=1S/C53H24F66N2O4/c1-14(12-22(54,55)24(58,59)26(62,63)28(66,67)30(70,71)32(74,75)34(78,79)36(82,83)38(86,87)40(90,91)42(94,95)44(98,99)46(102,103)48(106,107)50(110,111)52(114,115)116)124-20(122)120-18-7-3-16(4-8-18)11-17-5-9-19(10-6-17)121-21(123)125-15(2)13-23(56,57)25(60,61)27(64,65)29(68,69)31(72,73)33(76,77)35(80,81)37(84,85)39(88,89)41(92,93)43(96,97)45(100,101)47(104,105)49(108,109)51(112,113)53(117,118)119/h3-10,14-15H,11-13H2,1-2H3,(H,120,122)(H,121,123). The summed E-state index contributed by atoms with van der Waals surface area (Å²) in [6, 6.07) is 5.40. The molecule has 0 heterocycles. The molecule has 2 N–H and O–H groups in total. The molecule has 2 unspecified atom stereocenters. The van der Waals surface area contributed by atoms with Crippen LogP contribution in [0.2, 0.25) is 0 Å². The summed E-state index contributed by atoms with van der Waals surface area (Å²) < 4.78 is 931. The van der Waals surface area contributed by atoms with E-state index in [2.05, 4.69) is 9.47 Å². The number of anilines is 2. The second-order valence-electron chi connectivity index (χ2n) is 25.1. The molecule has 0 radical (unpaired) electrons. The first kappa shape index (κ1) is 113. The minimum Gasteiger partial charge on any atom is -0.446 e. The first-order valence-corrected chi connectivity index (χ1v) is 29.3. The molecule has 0 saturated heterocycles. The van der Waals surface area contributed by atoms with E-state index in [9.17, 15) is 299 Å². The number of rotatable bonds is 38. The lowest BCUT2D eigenvalue weighted by molar-refractivity contribution is -0.491. The van der Waals surface area contributed by atoms with Gasteiger partial charge in [-0.25, -0.2) is 9.59 Å². The Labute approximate surface area is 638 Å². The molecule has 2 atom stereocenters. The van der Waals surface area contributed by atoms with Gasteiger partial charge in [0.25, 0.3) is 0 Å². The van der Waals surface area contributed by atoms with Crippen LogP contribution in [0.4, 0.5) is 311 Å². The first-order valence-electron chi connectivity index (χ1n) is 29.3. The summed E-state index contributed by atoms with van der Waals surface area (Å²) in [5.41, 5.74) is -1.92. The van der Waals surface area contributed by atoms with E-state index in [-0.39, 0.29) is 25.0 Å². The summed E-state index contributed by atoms with van der Waals surface area (Å²) in [4.78, 5) is 24.6. The molecular formula is C53H24F66N2O4. The Kier molecular flexibility index (Phi) is 28.2. The fraction of sp³-hybridized carbons (Fsp3) is 0.736. The molecule has 2 aromatic rings. The van der Waals surface area contributed by atoms with Crippen LogP contribution >= 0.6 is 0 Å². The zero-order chi connectivity index (χ0) is 101. The monoisotopic (exact) mass is 2010 g/mol. The Morgan fingerprint density at radius 3 is 0.456 bits per heavy atom. The fourth-order valence-electron chi connectivity index (χ4n) is 8.92. The molecule has 2 rings (SSSR count). The van der Waals surface area contributed by atoms with Gasteiger partial charge in [0.1, 0.15) is 12.2 Å². The van der Waals surface area contributed by atoms with Gasteiger partial charge in [0.15, 0.2) is 0 Å². The normalized spacial score (nSPS) is 16.7. The number of amides is 2. The second kappa shape index (κ2) is 31.0. The smallest absolute Gasteiger partial charge is 0.446 e. The molecule has 732 valence electrons. The molecule has 6 nitrogen and oxygen atoms in total. The van der Waals surface area contributed by atoms with Crippen LogP contribution in [0, 0.1) is 0 Å². The van der Waals surface area contributed by atoms with Gasteiger partial charge in [-0.2, -0.15) is 290 Å². The van der Waals surface area contributed by atoms with Crippen molar-refractivity contribution in [3.63, 3.8) is 0 Å². The topological polar surface area (TPSA) is 76.7 Å². The van der Waals surface area contributed by atoms with Crippen LogP contribution in [0.15, 0.2) is 48.5 Å². The van der Waals surface area contributed by atoms with Gasteiger partial charge in [-0.1, -0.05) is 24.3 Å². The van der Waals surface area contributed by atoms with Gasteiger partial charge >= 0.3 is 202 Å². The van der Waals surface area contributed by atoms with Gasteiger partial charge in [-0.05, 0) is 55.7 Å². The van der Waals surface area contributed by atoms with Crippen molar-refractivity contribution in [1.29, 1.82) is 0 Å². The van der Waals surface area contributed by atoms with Crippen LogP contribution < -0.4 is 10.6 Å². The summed E-state index contributed by atoms with van der Waals surface area (Å²) in [6.07, 6.45) is -36.7. The van der Waals surface area contributed by atoms with Gasteiger partial charge < -0.3 is 9.47 Å². The number of hydrogen-bond donors (Lipinski definition) is 2. The van der Waals surface area contributed by atoms with Crippen molar-refractivity contribution in [3.8, 4) is 0 Å². The van der Waals surface area contributed by atoms with Crippen molar-refractivity contribution in [2.24, 2.45) is 0 Å². The third-order valence-corrected chi connectivity index (χ3v) is 16.4. The van der Waals surface area contributed by atoms with E-state index < -0.39 is 245 Å². The van der Waals surface area contributed by atoms with Crippen molar-refractivity contribution < 1.29 is 309 Å². The number of hydrogen-bond acceptors (Lipinski definition) is 4. The minimum absolute atomic E-state index is 0.146. The largest absolute Gasteiger partial charge is 0.460 e. The first-order chi connectivity index (χ1) is 53.7. The van der Waals surface area contributed by atoms with Crippen molar-refractivity contribution in [3.05, 3.63) is 59.7 Å². The van der Waals surface area contributed by atoms with Crippen molar-refractivity contribution in [2.75, 3.05) is 10.6 Å². The lowest BCUT2D eigenvalue weighted by atomic mass is 9.82. The Morgan fingerprint density at radius 2 is 0.328 bits per heavy atom. The summed E-state index contributed by atoms with van der Waals surface area (Å²) in [6.45, 7) is -0.592. The fourth-order valence-corrected chi connectivity index (χ4v) is 8.92. The quantitative estimate of drug-likeness (QED) is 0.0657. The summed E-state index contributed by atoms with van der Waals surface area (Å²) in [7, 11) is 0. The third-order valence-electron chi connectivity index (χ3n) is 16.4. The van der Waals surface area contributed by atoms with E-state index in [0.29, 0.717) is 24.3 Å². The highest BCUT2D eigenvalue weighted by atomic mass is 19.5. The zero-order valence-corrected chi connectivity index (χ0v) is 56.5. The highest BCUT2D eigenvalue weighted by Gasteiger charge is 3.05. The molecule has 0 saturated carbocycles. The average molecular weight is 2010 g/mol.